The van der Waals surface area contributed by atoms with Crippen LogP contribution in [0.1, 0.15) is 41.6 Å². The highest BCUT2D eigenvalue weighted by Gasteiger charge is 2.19. The number of carbonyl (C=O) groups is 2. The van der Waals surface area contributed by atoms with Gasteiger partial charge in [0.05, 0.1) is 11.3 Å². The molecule has 2 aromatic rings. The van der Waals surface area contributed by atoms with Crippen LogP contribution in [0.5, 0.6) is 0 Å². The van der Waals surface area contributed by atoms with E-state index in [9.17, 15) is 9.59 Å². The number of para-hydroxylation sites is 1. The van der Waals surface area contributed by atoms with Crippen LogP contribution in [-0.4, -0.2) is 23.1 Å². The van der Waals surface area contributed by atoms with E-state index in [4.69, 9.17) is 4.74 Å². The zero-order valence-corrected chi connectivity index (χ0v) is 15.8. The summed E-state index contributed by atoms with van der Waals surface area (Å²) in [5.41, 5.74) is 2.97. The first-order valence-electron chi connectivity index (χ1n) is 7.71. The fourth-order valence-corrected chi connectivity index (χ4v) is 3.12. The number of ether oxygens (including phenoxy) is 1. The minimum atomic E-state index is -0.489. The van der Waals surface area contributed by atoms with Crippen LogP contribution < -0.4 is 5.32 Å². The number of anilines is 1. The third-order valence-corrected chi connectivity index (χ3v) is 4.39. The molecule has 0 fully saturated rings. The molecular weight excluding hydrogens is 372 g/mol. The summed E-state index contributed by atoms with van der Waals surface area (Å²) >= 11 is 3.35. The van der Waals surface area contributed by atoms with Crippen molar-refractivity contribution in [2.24, 2.45) is 0 Å². The molecule has 0 atom stereocenters. The lowest BCUT2D eigenvalue weighted by atomic mass is 10.2. The van der Waals surface area contributed by atoms with Gasteiger partial charge in [-0.15, -0.1) is 0 Å². The van der Waals surface area contributed by atoms with Crippen LogP contribution in [0.2, 0.25) is 0 Å². The number of halogens is 1. The van der Waals surface area contributed by atoms with E-state index in [-0.39, 0.29) is 18.6 Å². The van der Waals surface area contributed by atoms with Gasteiger partial charge in [0.15, 0.2) is 6.61 Å². The lowest BCUT2D eigenvalue weighted by Gasteiger charge is -2.13. The summed E-state index contributed by atoms with van der Waals surface area (Å²) in [6.45, 7) is 7.61. The van der Waals surface area contributed by atoms with E-state index >= 15 is 0 Å². The lowest BCUT2D eigenvalue weighted by Crippen LogP contribution is -2.21. The van der Waals surface area contributed by atoms with Gasteiger partial charge in [-0.25, -0.2) is 4.79 Å². The molecule has 0 unspecified atom stereocenters. The molecule has 0 aliphatic rings. The van der Waals surface area contributed by atoms with E-state index < -0.39 is 5.97 Å². The monoisotopic (exact) mass is 392 g/mol. The predicted octanol–water partition coefficient (Wildman–Crippen LogP) is 4.24. The van der Waals surface area contributed by atoms with Crippen molar-refractivity contribution in [1.82, 2.24) is 4.57 Å². The van der Waals surface area contributed by atoms with Gasteiger partial charge >= 0.3 is 5.97 Å². The van der Waals surface area contributed by atoms with Crippen molar-refractivity contribution in [3.05, 3.63) is 51.8 Å². The minimum absolute atomic E-state index is 0.255. The summed E-state index contributed by atoms with van der Waals surface area (Å²) < 4.78 is 7.99. The number of rotatable bonds is 5. The van der Waals surface area contributed by atoms with Crippen LogP contribution in [-0.2, 0) is 9.53 Å². The van der Waals surface area contributed by atoms with Crippen molar-refractivity contribution in [3.8, 4) is 0 Å². The van der Waals surface area contributed by atoms with Crippen LogP contribution >= 0.6 is 15.9 Å². The zero-order valence-electron chi connectivity index (χ0n) is 14.2. The molecule has 1 aromatic carbocycles. The number of hydrogen-bond acceptors (Lipinski definition) is 3. The molecule has 0 spiro atoms. The maximum absolute atomic E-state index is 12.3. The Labute approximate surface area is 150 Å². The molecule has 5 nitrogen and oxygen atoms in total. The van der Waals surface area contributed by atoms with Crippen LogP contribution in [0.4, 0.5) is 5.69 Å². The van der Waals surface area contributed by atoms with Gasteiger partial charge in [-0.1, -0.05) is 12.1 Å². The molecule has 0 saturated carbocycles. The maximum Gasteiger partial charge on any atom is 0.340 e. The second-order valence-electron chi connectivity index (χ2n) is 5.85. The standard InChI is InChI=1S/C18H21BrN2O3/c1-11(2)21-12(3)9-14(13(21)4)18(23)24-10-17(22)20-16-8-6-5-7-15(16)19/h5-9,11H,10H2,1-4H3,(H,20,22). The van der Waals surface area contributed by atoms with Gasteiger partial charge in [0, 0.05) is 21.9 Å². The third-order valence-electron chi connectivity index (χ3n) is 3.70. The normalized spacial score (nSPS) is 10.8. The fourth-order valence-electron chi connectivity index (χ4n) is 2.74. The lowest BCUT2D eigenvalue weighted by molar-refractivity contribution is -0.119. The van der Waals surface area contributed by atoms with Crippen LogP contribution in [0.25, 0.3) is 0 Å². The highest BCUT2D eigenvalue weighted by atomic mass is 79.9. The molecule has 1 amide bonds. The van der Waals surface area contributed by atoms with Gasteiger partial charge in [-0.2, -0.15) is 0 Å². The van der Waals surface area contributed by atoms with E-state index in [0.717, 1.165) is 15.9 Å². The molecular formula is C18H21BrN2O3. The van der Waals surface area contributed by atoms with Gasteiger partial charge in [-0.05, 0) is 61.8 Å². The van der Waals surface area contributed by atoms with Gasteiger partial charge in [0.2, 0.25) is 0 Å². The van der Waals surface area contributed by atoms with Crippen LogP contribution in [0.15, 0.2) is 34.8 Å². The number of amides is 1. The Kier molecular flexibility index (Phi) is 5.83. The molecule has 2 rings (SSSR count). The number of nitrogens with one attached hydrogen (secondary N) is 1. The molecule has 0 aliphatic heterocycles. The quantitative estimate of drug-likeness (QED) is 0.773. The summed E-state index contributed by atoms with van der Waals surface area (Å²) in [6.07, 6.45) is 0. The Morgan fingerprint density at radius 2 is 1.92 bits per heavy atom. The number of aryl methyl sites for hydroxylation is 1. The van der Waals surface area contributed by atoms with Gasteiger partial charge < -0.3 is 14.6 Å². The molecule has 128 valence electrons. The molecule has 1 aromatic heterocycles. The molecule has 0 aliphatic carbocycles. The van der Waals surface area contributed by atoms with Gasteiger partial charge in [-0.3, -0.25) is 4.79 Å². The van der Waals surface area contributed by atoms with Crippen molar-refractivity contribution in [2.45, 2.75) is 33.7 Å². The zero-order chi connectivity index (χ0) is 17.9. The minimum Gasteiger partial charge on any atom is -0.452 e. The number of carbonyl (C=O) groups excluding carboxylic acids is 2. The second-order valence-corrected chi connectivity index (χ2v) is 6.71. The molecule has 0 radical (unpaired) electrons. The Morgan fingerprint density at radius 3 is 2.50 bits per heavy atom. The van der Waals surface area contributed by atoms with Crippen molar-refractivity contribution in [1.29, 1.82) is 0 Å². The summed E-state index contributed by atoms with van der Waals surface area (Å²) in [7, 11) is 0. The maximum atomic E-state index is 12.3. The summed E-state index contributed by atoms with van der Waals surface area (Å²) in [5.74, 6) is -0.870. The summed E-state index contributed by atoms with van der Waals surface area (Å²) in [5, 5.41) is 2.70. The van der Waals surface area contributed by atoms with Gasteiger partial charge in [0.1, 0.15) is 0 Å². The topological polar surface area (TPSA) is 60.3 Å². The third kappa shape index (κ3) is 4.06. The summed E-state index contributed by atoms with van der Waals surface area (Å²) in [4.78, 5) is 24.2. The smallest absolute Gasteiger partial charge is 0.340 e. The van der Waals surface area contributed by atoms with Crippen molar-refractivity contribution >= 4 is 33.5 Å². The molecule has 0 bridgehead atoms. The van der Waals surface area contributed by atoms with Crippen LogP contribution in [0, 0.1) is 13.8 Å². The molecule has 24 heavy (non-hydrogen) atoms. The first-order chi connectivity index (χ1) is 11.3. The van der Waals surface area contributed by atoms with Crippen molar-refractivity contribution in [3.63, 3.8) is 0 Å². The fraction of sp³-hybridized carbons (Fsp3) is 0.333. The highest BCUT2D eigenvalue weighted by Crippen LogP contribution is 2.22. The van der Waals surface area contributed by atoms with Crippen molar-refractivity contribution < 1.29 is 14.3 Å². The number of nitrogens with zero attached hydrogens (tertiary/aromatic N) is 1. The first-order valence-corrected chi connectivity index (χ1v) is 8.50. The van der Waals surface area contributed by atoms with Crippen LogP contribution in [0.3, 0.4) is 0 Å². The number of benzene rings is 1. The Hall–Kier alpha value is -2.08. The molecule has 0 saturated heterocycles. The summed E-state index contributed by atoms with van der Waals surface area (Å²) in [6, 6.07) is 9.30. The van der Waals surface area contributed by atoms with Gasteiger partial charge in [0.25, 0.3) is 5.91 Å². The number of esters is 1. The Morgan fingerprint density at radius 1 is 1.25 bits per heavy atom. The predicted molar refractivity (Wildman–Crippen MR) is 97.3 cm³/mol. The average molecular weight is 393 g/mol. The Balaban J connectivity index is 2.00. The first kappa shape index (κ1) is 18.3. The second kappa shape index (κ2) is 7.66. The molecule has 1 heterocycles. The number of hydrogen-bond donors (Lipinski definition) is 1. The number of aromatic nitrogens is 1. The molecule has 6 heteroatoms. The van der Waals surface area contributed by atoms with Crippen molar-refractivity contribution in [2.75, 3.05) is 11.9 Å². The van der Waals surface area contributed by atoms with E-state index in [1.54, 1.807) is 12.1 Å². The highest BCUT2D eigenvalue weighted by molar-refractivity contribution is 9.10. The molecule has 1 N–H and O–H groups in total. The Bertz CT molecular complexity index is 766. The van der Waals surface area contributed by atoms with E-state index in [0.29, 0.717) is 11.3 Å². The SMILES string of the molecule is Cc1cc(C(=O)OCC(=O)Nc2ccccc2Br)c(C)n1C(C)C. The van der Waals surface area contributed by atoms with E-state index in [1.165, 1.54) is 0 Å². The van der Waals surface area contributed by atoms with E-state index in [2.05, 4.69) is 39.7 Å². The largest absolute Gasteiger partial charge is 0.452 e. The van der Waals surface area contributed by atoms with E-state index in [1.807, 2.05) is 32.0 Å². The average Bonchev–Trinajstić information content (AvgIpc) is 2.82.